The molecule has 0 aliphatic heterocycles. The first kappa shape index (κ1) is 16.4. The molecule has 8 nitrogen and oxygen atoms in total. The molecule has 1 aromatic rings. The van der Waals surface area contributed by atoms with Gasteiger partial charge in [0.15, 0.2) is 15.7 Å². The van der Waals surface area contributed by atoms with Gasteiger partial charge in [-0.25, -0.2) is 13.2 Å². The van der Waals surface area contributed by atoms with Crippen molar-refractivity contribution in [2.24, 2.45) is 5.41 Å². The maximum atomic E-state index is 11.9. The number of amides is 2. The Kier molecular flexibility index (Phi) is 4.74. The SMILES string of the molecule is CN(CC(C)(C)C)C(=O)Nc1nc(CS(C)(=O)=O)no1. The Morgan fingerprint density at radius 2 is 2.00 bits per heavy atom. The number of urea groups is 1. The highest BCUT2D eigenvalue weighted by Crippen LogP contribution is 2.15. The molecule has 114 valence electrons. The molecule has 20 heavy (non-hydrogen) atoms. The molecule has 1 aromatic heterocycles. The van der Waals surface area contributed by atoms with Crippen molar-refractivity contribution in [1.29, 1.82) is 0 Å². The van der Waals surface area contributed by atoms with E-state index in [-0.39, 0.29) is 23.0 Å². The van der Waals surface area contributed by atoms with Crippen LogP contribution in [0, 0.1) is 5.41 Å². The molecule has 1 heterocycles. The minimum absolute atomic E-state index is 0.0151. The van der Waals surface area contributed by atoms with Crippen LogP contribution in [0.25, 0.3) is 0 Å². The summed E-state index contributed by atoms with van der Waals surface area (Å²) < 4.78 is 26.9. The van der Waals surface area contributed by atoms with Crippen LogP contribution in [0.3, 0.4) is 0 Å². The Bertz CT molecular complexity index is 573. The molecule has 0 unspecified atom stereocenters. The van der Waals surface area contributed by atoms with Gasteiger partial charge in [0, 0.05) is 19.8 Å². The van der Waals surface area contributed by atoms with Gasteiger partial charge < -0.3 is 9.42 Å². The summed E-state index contributed by atoms with van der Waals surface area (Å²) in [4.78, 5) is 17.1. The van der Waals surface area contributed by atoms with Crippen molar-refractivity contribution in [3.05, 3.63) is 5.82 Å². The lowest BCUT2D eigenvalue weighted by Crippen LogP contribution is -2.37. The van der Waals surface area contributed by atoms with Gasteiger partial charge in [-0.05, 0) is 5.41 Å². The van der Waals surface area contributed by atoms with Gasteiger partial charge in [0.2, 0.25) is 0 Å². The van der Waals surface area contributed by atoms with E-state index < -0.39 is 15.9 Å². The Morgan fingerprint density at radius 3 is 2.50 bits per heavy atom. The lowest BCUT2D eigenvalue weighted by molar-refractivity contribution is 0.200. The largest absolute Gasteiger partial charge is 0.329 e. The van der Waals surface area contributed by atoms with E-state index in [0.29, 0.717) is 6.54 Å². The van der Waals surface area contributed by atoms with Gasteiger partial charge in [-0.1, -0.05) is 25.9 Å². The number of anilines is 1. The highest BCUT2D eigenvalue weighted by Gasteiger charge is 2.20. The molecule has 0 fully saturated rings. The summed E-state index contributed by atoms with van der Waals surface area (Å²) in [6.07, 6.45) is 1.07. The number of rotatable bonds is 4. The normalized spacial score (nSPS) is 12.2. The lowest BCUT2D eigenvalue weighted by atomic mass is 9.96. The molecule has 0 radical (unpaired) electrons. The zero-order chi connectivity index (χ0) is 15.6. The van der Waals surface area contributed by atoms with Crippen LogP contribution in [-0.4, -0.2) is 49.3 Å². The van der Waals surface area contributed by atoms with Crippen LogP contribution < -0.4 is 5.32 Å². The van der Waals surface area contributed by atoms with Gasteiger partial charge in [0.05, 0.1) is 0 Å². The second-order valence-electron chi connectivity index (χ2n) is 5.93. The Labute approximate surface area is 118 Å². The third-order valence-corrected chi connectivity index (χ3v) is 2.91. The number of sulfone groups is 1. The van der Waals surface area contributed by atoms with E-state index in [1.807, 2.05) is 20.8 Å². The first-order chi connectivity index (χ1) is 8.96. The van der Waals surface area contributed by atoms with Crippen LogP contribution in [0.5, 0.6) is 0 Å². The zero-order valence-corrected chi connectivity index (χ0v) is 13.1. The number of aromatic nitrogens is 2. The average molecular weight is 304 g/mol. The first-order valence-corrected chi connectivity index (χ1v) is 8.05. The van der Waals surface area contributed by atoms with Gasteiger partial charge in [0.1, 0.15) is 5.75 Å². The second kappa shape index (κ2) is 5.78. The predicted octanol–water partition coefficient (Wildman–Crippen LogP) is 1.12. The smallest absolute Gasteiger partial charge is 0.327 e. The van der Waals surface area contributed by atoms with Crippen molar-refractivity contribution < 1.29 is 17.7 Å². The topological polar surface area (TPSA) is 105 Å². The summed E-state index contributed by atoms with van der Waals surface area (Å²) in [5.41, 5.74) is -0.0393. The van der Waals surface area contributed by atoms with Gasteiger partial charge >= 0.3 is 12.0 Å². The molecule has 0 bridgehead atoms. The van der Waals surface area contributed by atoms with Gasteiger partial charge in [-0.3, -0.25) is 5.32 Å². The van der Waals surface area contributed by atoms with Crippen LogP contribution in [0.2, 0.25) is 0 Å². The van der Waals surface area contributed by atoms with Gasteiger partial charge in [-0.15, -0.1) is 0 Å². The highest BCUT2D eigenvalue weighted by molar-refractivity contribution is 7.89. The third-order valence-electron chi connectivity index (χ3n) is 2.13. The molecule has 0 aromatic carbocycles. The van der Waals surface area contributed by atoms with E-state index in [0.717, 1.165) is 6.26 Å². The molecule has 0 saturated heterocycles. The number of hydrogen-bond donors (Lipinski definition) is 1. The van der Waals surface area contributed by atoms with Crippen molar-refractivity contribution in [3.8, 4) is 0 Å². The van der Waals surface area contributed by atoms with Gasteiger partial charge in [0.25, 0.3) is 0 Å². The quantitative estimate of drug-likeness (QED) is 0.893. The fourth-order valence-corrected chi connectivity index (χ4v) is 2.15. The van der Waals surface area contributed by atoms with Crippen LogP contribution in [0.1, 0.15) is 26.6 Å². The number of carbonyl (C=O) groups is 1. The minimum atomic E-state index is -3.24. The third kappa shape index (κ3) is 6.00. The summed E-state index contributed by atoms with van der Waals surface area (Å²) in [6, 6.07) is -0.510. The van der Waals surface area contributed by atoms with Crippen molar-refractivity contribution >= 4 is 21.9 Å². The van der Waals surface area contributed by atoms with E-state index in [9.17, 15) is 13.2 Å². The van der Waals surface area contributed by atoms with Crippen molar-refractivity contribution in [2.45, 2.75) is 26.5 Å². The summed E-state index contributed by atoms with van der Waals surface area (Å²) in [5, 5.41) is 5.91. The summed E-state index contributed by atoms with van der Waals surface area (Å²) >= 11 is 0. The predicted molar refractivity (Wildman–Crippen MR) is 73.9 cm³/mol. The van der Waals surface area contributed by atoms with Crippen molar-refractivity contribution in [1.82, 2.24) is 15.0 Å². The molecule has 0 aliphatic carbocycles. The zero-order valence-electron chi connectivity index (χ0n) is 12.3. The summed E-state index contributed by atoms with van der Waals surface area (Å²) in [7, 11) is -1.59. The van der Waals surface area contributed by atoms with E-state index in [1.54, 1.807) is 7.05 Å². The second-order valence-corrected chi connectivity index (χ2v) is 8.07. The standard InChI is InChI=1S/C11H20N4O4S/c1-11(2,3)7-15(4)10(16)13-9-12-8(14-19-9)6-20(5,17)18/h6-7H2,1-5H3,(H,12,13,14,16). The minimum Gasteiger partial charge on any atom is -0.327 e. The first-order valence-electron chi connectivity index (χ1n) is 5.99. The van der Waals surface area contributed by atoms with E-state index >= 15 is 0 Å². The summed E-state index contributed by atoms with van der Waals surface area (Å²) in [6.45, 7) is 6.57. The van der Waals surface area contributed by atoms with E-state index in [2.05, 4.69) is 15.5 Å². The van der Waals surface area contributed by atoms with Crippen molar-refractivity contribution in [2.75, 3.05) is 25.2 Å². The molecular formula is C11H20N4O4S. The number of carbonyl (C=O) groups excluding carboxylic acids is 1. The Morgan fingerprint density at radius 1 is 1.40 bits per heavy atom. The van der Waals surface area contributed by atoms with Crippen molar-refractivity contribution in [3.63, 3.8) is 0 Å². The van der Waals surface area contributed by atoms with E-state index in [4.69, 9.17) is 4.52 Å². The fourth-order valence-electron chi connectivity index (χ4n) is 1.57. The molecule has 0 spiro atoms. The molecule has 1 rings (SSSR count). The maximum Gasteiger partial charge on any atom is 0.329 e. The molecule has 2 amide bonds. The highest BCUT2D eigenvalue weighted by atomic mass is 32.2. The molecule has 0 saturated carbocycles. The van der Waals surface area contributed by atoms with Crippen LogP contribution >= 0.6 is 0 Å². The maximum absolute atomic E-state index is 11.9. The fraction of sp³-hybridized carbons (Fsp3) is 0.727. The lowest BCUT2D eigenvalue weighted by Gasteiger charge is -2.26. The number of hydrogen-bond acceptors (Lipinski definition) is 6. The Hall–Kier alpha value is -1.64. The molecule has 1 N–H and O–H groups in total. The van der Waals surface area contributed by atoms with Crippen LogP contribution in [-0.2, 0) is 15.6 Å². The average Bonchev–Trinajstić information content (AvgIpc) is 2.59. The van der Waals surface area contributed by atoms with Gasteiger partial charge in [-0.2, -0.15) is 4.98 Å². The number of nitrogens with zero attached hydrogens (tertiary/aromatic N) is 3. The molecule has 0 aliphatic rings. The Balaban J connectivity index is 2.63. The van der Waals surface area contributed by atoms with Crippen LogP contribution in [0.4, 0.5) is 10.8 Å². The monoisotopic (exact) mass is 304 g/mol. The molecular weight excluding hydrogens is 284 g/mol. The molecule has 9 heteroatoms. The summed E-state index contributed by atoms with van der Waals surface area (Å²) in [5.74, 6) is -0.314. The van der Waals surface area contributed by atoms with E-state index in [1.165, 1.54) is 4.90 Å². The van der Waals surface area contributed by atoms with Crippen LogP contribution in [0.15, 0.2) is 4.52 Å². The number of nitrogens with one attached hydrogen (secondary N) is 1. The molecule has 0 atom stereocenters.